The molecule has 0 radical (unpaired) electrons. The van der Waals surface area contributed by atoms with Gasteiger partial charge >= 0.3 is 0 Å². The number of nitrogens with one attached hydrogen (secondary N) is 1. The number of aromatic nitrogens is 1. The summed E-state index contributed by atoms with van der Waals surface area (Å²) in [6.45, 7) is 9.80. The maximum atomic E-state index is 13.2. The second-order valence-electron chi connectivity index (χ2n) is 7.05. The van der Waals surface area contributed by atoms with Crippen molar-refractivity contribution in [2.45, 2.75) is 60.3 Å². The van der Waals surface area contributed by atoms with E-state index < -0.39 is 0 Å². The Morgan fingerprint density at radius 1 is 1.11 bits per heavy atom. The molecule has 0 fully saturated rings. The van der Waals surface area contributed by atoms with Crippen molar-refractivity contribution in [2.24, 2.45) is 7.05 Å². The van der Waals surface area contributed by atoms with E-state index in [2.05, 4.69) is 5.32 Å². The molecule has 0 atom stereocenters. The first kappa shape index (κ1) is 20.7. The fraction of sp³-hybridized carbons (Fsp3) is 0.455. The molecule has 0 saturated heterocycles. The summed E-state index contributed by atoms with van der Waals surface area (Å²) < 4.78 is 1.97. The third-order valence-corrected chi connectivity index (χ3v) is 5.35. The third kappa shape index (κ3) is 3.92. The normalized spacial score (nSPS) is 10.9. The lowest BCUT2D eigenvalue weighted by Gasteiger charge is -2.20. The number of anilines is 2. The Bertz CT molecular complexity index is 901. The lowest BCUT2D eigenvalue weighted by atomic mass is 10.00. The van der Waals surface area contributed by atoms with Crippen molar-refractivity contribution in [1.82, 2.24) is 4.57 Å². The molecule has 5 nitrogen and oxygen atoms in total. The Morgan fingerprint density at radius 3 is 2.15 bits per heavy atom. The Labute approximate surface area is 161 Å². The molecule has 1 heterocycles. The average molecular weight is 370 g/mol. The largest absolute Gasteiger partial charge is 0.399 e. The molecule has 0 aliphatic carbocycles. The van der Waals surface area contributed by atoms with Gasteiger partial charge in [0.25, 0.3) is 5.91 Å². The fourth-order valence-electron chi connectivity index (χ4n) is 3.56. The highest BCUT2D eigenvalue weighted by Gasteiger charge is 2.22. The predicted octanol–water partition coefficient (Wildman–Crippen LogP) is 3.91. The van der Waals surface area contributed by atoms with Crippen LogP contribution in [0.4, 0.5) is 11.4 Å². The molecule has 0 saturated carbocycles. The first-order chi connectivity index (χ1) is 12.8. The number of hydrogen-bond acceptors (Lipinski definition) is 3. The van der Waals surface area contributed by atoms with Gasteiger partial charge in [-0.15, -0.1) is 0 Å². The van der Waals surface area contributed by atoms with Crippen LogP contribution < -0.4 is 16.5 Å². The number of amides is 1. The Balaban J connectivity index is 2.63. The average Bonchev–Trinajstić information content (AvgIpc) is 2.65. The van der Waals surface area contributed by atoms with E-state index in [4.69, 9.17) is 5.73 Å². The molecule has 1 amide bonds. The summed E-state index contributed by atoms with van der Waals surface area (Å²) in [5, 5.41) is 3.03. The van der Waals surface area contributed by atoms with Crippen LogP contribution in [-0.4, -0.2) is 10.5 Å². The summed E-state index contributed by atoms with van der Waals surface area (Å²) in [5.41, 5.74) is 11.8. The van der Waals surface area contributed by atoms with E-state index in [9.17, 15) is 9.59 Å². The monoisotopic (exact) mass is 369 g/mol. The van der Waals surface area contributed by atoms with Crippen molar-refractivity contribution in [2.75, 3.05) is 11.1 Å². The summed E-state index contributed by atoms with van der Waals surface area (Å²) in [5.74, 6) is -0.337. The second kappa shape index (κ2) is 8.42. The Hall–Kier alpha value is -2.56. The van der Waals surface area contributed by atoms with Gasteiger partial charge in [-0.3, -0.25) is 9.59 Å². The maximum Gasteiger partial charge on any atom is 0.261 e. The first-order valence-corrected chi connectivity index (χ1v) is 9.68. The van der Waals surface area contributed by atoms with Gasteiger partial charge in [-0.05, 0) is 56.4 Å². The number of pyridine rings is 1. The van der Waals surface area contributed by atoms with Crippen molar-refractivity contribution in [1.29, 1.82) is 0 Å². The van der Waals surface area contributed by atoms with Crippen molar-refractivity contribution >= 4 is 17.3 Å². The van der Waals surface area contributed by atoms with Gasteiger partial charge in [0.15, 0.2) is 5.43 Å². The van der Waals surface area contributed by atoms with Crippen LogP contribution in [0.25, 0.3) is 0 Å². The number of hydrogen-bond donors (Lipinski definition) is 2. The van der Waals surface area contributed by atoms with Crippen molar-refractivity contribution < 1.29 is 4.79 Å². The summed E-state index contributed by atoms with van der Waals surface area (Å²) in [7, 11) is 1.92. The number of benzene rings is 1. The van der Waals surface area contributed by atoms with E-state index in [1.54, 1.807) is 6.92 Å². The van der Waals surface area contributed by atoms with Gasteiger partial charge in [0.2, 0.25) is 0 Å². The van der Waals surface area contributed by atoms with E-state index in [-0.39, 0.29) is 16.9 Å². The van der Waals surface area contributed by atoms with Crippen LogP contribution >= 0.6 is 0 Å². The molecule has 3 N–H and O–H groups in total. The van der Waals surface area contributed by atoms with Gasteiger partial charge in [0.05, 0.1) is 0 Å². The molecule has 1 aromatic carbocycles. The summed E-state index contributed by atoms with van der Waals surface area (Å²) >= 11 is 0. The highest BCUT2D eigenvalue weighted by atomic mass is 16.2. The second-order valence-corrected chi connectivity index (χ2v) is 7.05. The van der Waals surface area contributed by atoms with Gasteiger partial charge in [0, 0.05) is 35.4 Å². The maximum absolute atomic E-state index is 13.2. The standard InChI is InChI=1S/C22H31N3O2/c1-7-10-18-19(21(26)13(4)14(5)25(18)6)22(27)24-20-15(8-2)11-17(23)12-16(20)9-3/h11-12H,7-10,23H2,1-6H3,(H,24,27). The van der Waals surface area contributed by atoms with Gasteiger partial charge < -0.3 is 15.6 Å². The Kier molecular flexibility index (Phi) is 6.47. The van der Waals surface area contributed by atoms with Crippen LogP contribution in [0.3, 0.4) is 0 Å². The van der Waals surface area contributed by atoms with Crippen LogP contribution in [0, 0.1) is 13.8 Å². The number of nitrogen functional groups attached to an aromatic ring is 1. The number of nitrogens with zero attached hydrogens (tertiary/aromatic N) is 1. The quantitative estimate of drug-likeness (QED) is 0.758. The van der Waals surface area contributed by atoms with Crippen LogP contribution in [-0.2, 0) is 26.3 Å². The molecule has 2 aromatic rings. The molecule has 5 heteroatoms. The van der Waals surface area contributed by atoms with Crippen molar-refractivity contribution in [3.63, 3.8) is 0 Å². The molecule has 146 valence electrons. The third-order valence-electron chi connectivity index (χ3n) is 5.35. The summed E-state index contributed by atoms with van der Waals surface area (Å²) in [6.07, 6.45) is 3.04. The number of aryl methyl sites for hydroxylation is 2. The molecule has 0 aliphatic heterocycles. The van der Waals surface area contributed by atoms with Crippen LogP contribution in [0.5, 0.6) is 0 Å². The SMILES string of the molecule is CCCc1c(C(=O)Nc2c(CC)cc(N)cc2CC)c(=O)c(C)c(C)n1C. The highest BCUT2D eigenvalue weighted by molar-refractivity contribution is 6.06. The van der Waals surface area contributed by atoms with E-state index >= 15 is 0 Å². The molecule has 0 spiro atoms. The molecular formula is C22H31N3O2. The minimum Gasteiger partial charge on any atom is -0.399 e. The molecule has 0 aliphatic rings. The van der Waals surface area contributed by atoms with E-state index in [0.717, 1.165) is 47.5 Å². The van der Waals surface area contributed by atoms with Crippen molar-refractivity contribution in [3.05, 3.63) is 56.0 Å². The molecule has 0 bridgehead atoms. The highest BCUT2D eigenvalue weighted by Crippen LogP contribution is 2.27. The smallest absolute Gasteiger partial charge is 0.261 e. The molecule has 1 aromatic heterocycles. The number of nitrogens with two attached hydrogens (primary N) is 1. The summed E-state index contributed by atoms with van der Waals surface area (Å²) in [6, 6.07) is 3.78. The van der Waals surface area contributed by atoms with Gasteiger partial charge in [-0.25, -0.2) is 0 Å². The lowest BCUT2D eigenvalue weighted by Crippen LogP contribution is -2.30. The summed E-state index contributed by atoms with van der Waals surface area (Å²) in [4.78, 5) is 26.1. The van der Waals surface area contributed by atoms with E-state index in [1.165, 1.54) is 0 Å². The number of carbonyl (C=O) groups is 1. The Morgan fingerprint density at radius 2 is 1.67 bits per heavy atom. The van der Waals surface area contributed by atoms with E-state index in [0.29, 0.717) is 17.7 Å². The number of rotatable bonds is 6. The topological polar surface area (TPSA) is 77.1 Å². The number of carbonyl (C=O) groups excluding carboxylic acids is 1. The first-order valence-electron chi connectivity index (χ1n) is 9.68. The van der Waals surface area contributed by atoms with Crippen LogP contribution in [0.1, 0.15) is 65.6 Å². The van der Waals surface area contributed by atoms with Crippen LogP contribution in [0.15, 0.2) is 16.9 Å². The molecule has 27 heavy (non-hydrogen) atoms. The van der Waals surface area contributed by atoms with Gasteiger partial charge in [-0.1, -0.05) is 27.2 Å². The zero-order chi connectivity index (χ0) is 20.3. The van der Waals surface area contributed by atoms with Gasteiger partial charge in [-0.2, -0.15) is 0 Å². The van der Waals surface area contributed by atoms with E-state index in [1.807, 2.05) is 51.4 Å². The molecule has 2 rings (SSSR count). The minimum atomic E-state index is -0.337. The molecular weight excluding hydrogens is 338 g/mol. The predicted molar refractivity (Wildman–Crippen MR) is 113 cm³/mol. The molecule has 0 unspecified atom stereocenters. The van der Waals surface area contributed by atoms with Gasteiger partial charge in [0.1, 0.15) is 5.56 Å². The lowest BCUT2D eigenvalue weighted by molar-refractivity contribution is 0.102. The fourth-order valence-corrected chi connectivity index (χ4v) is 3.56. The zero-order valence-electron chi connectivity index (χ0n) is 17.3. The minimum absolute atomic E-state index is 0.182. The van der Waals surface area contributed by atoms with Crippen LogP contribution in [0.2, 0.25) is 0 Å². The van der Waals surface area contributed by atoms with Crippen molar-refractivity contribution in [3.8, 4) is 0 Å². The zero-order valence-corrected chi connectivity index (χ0v) is 17.3.